The number of amides is 1. The highest BCUT2D eigenvalue weighted by Gasteiger charge is 2.27. The number of rotatable bonds is 4. The van der Waals surface area contributed by atoms with Gasteiger partial charge in [-0.05, 0) is 48.5 Å². The summed E-state index contributed by atoms with van der Waals surface area (Å²) >= 11 is 12.3. The van der Waals surface area contributed by atoms with Gasteiger partial charge in [0.15, 0.2) is 0 Å². The second-order valence-electron chi connectivity index (χ2n) is 8.14. The fraction of sp³-hybridized carbons (Fsp3) is 0.154. The summed E-state index contributed by atoms with van der Waals surface area (Å²) < 4.78 is 30.2. The summed E-state index contributed by atoms with van der Waals surface area (Å²) in [5, 5.41) is 5.22. The van der Waals surface area contributed by atoms with Gasteiger partial charge >= 0.3 is 0 Å². The molecule has 0 saturated carbocycles. The van der Waals surface area contributed by atoms with E-state index >= 15 is 0 Å². The van der Waals surface area contributed by atoms with E-state index in [0.29, 0.717) is 53.3 Å². The standard InChI is InChI=1S/C26H20Cl2F2N4O/c27-19-10-9-17(15-20(19)28)34-25(16-23(31-34)18-5-1-2-6-21(18)29)26(35)33-13-11-32(12-14-33)24-8-4-3-7-22(24)30/h1-10,15-16H,11-14H2. The van der Waals surface area contributed by atoms with Gasteiger partial charge in [0.25, 0.3) is 5.91 Å². The normalized spacial score (nSPS) is 13.8. The lowest BCUT2D eigenvalue weighted by Crippen LogP contribution is -2.49. The van der Waals surface area contributed by atoms with Crippen LogP contribution >= 0.6 is 23.2 Å². The predicted molar refractivity (Wildman–Crippen MR) is 133 cm³/mol. The Morgan fingerprint density at radius 1 is 0.800 bits per heavy atom. The molecule has 1 aliphatic heterocycles. The highest BCUT2D eigenvalue weighted by atomic mass is 35.5. The Balaban J connectivity index is 1.47. The molecule has 35 heavy (non-hydrogen) atoms. The summed E-state index contributed by atoms with van der Waals surface area (Å²) in [6.07, 6.45) is 0. The fourth-order valence-electron chi connectivity index (χ4n) is 4.17. The van der Waals surface area contributed by atoms with Crippen LogP contribution in [0.3, 0.4) is 0 Å². The van der Waals surface area contributed by atoms with Crippen LogP contribution in [0.5, 0.6) is 0 Å². The third-order valence-electron chi connectivity index (χ3n) is 5.99. The Morgan fingerprint density at radius 3 is 2.17 bits per heavy atom. The molecule has 1 aliphatic rings. The largest absolute Gasteiger partial charge is 0.366 e. The van der Waals surface area contributed by atoms with Gasteiger partial charge in [0.1, 0.15) is 17.3 Å². The van der Waals surface area contributed by atoms with Gasteiger partial charge in [0.2, 0.25) is 0 Å². The number of anilines is 1. The minimum atomic E-state index is -0.441. The summed E-state index contributed by atoms with van der Waals surface area (Å²) in [6, 6.07) is 19.3. The number of piperazine rings is 1. The van der Waals surface area contributed by atoms with E-state index in [2.05, 4.69) is 5.10 Å². The average Bonchev–Trinajstić information content (AvgIpc) is 3.31. The molecule has 0 bridgehead atoms. The number of hydrogen-bond acceptors (Lipinski definition) is 3. The first-order valence-corrected chi connectivity index (χ1v) is 11.8. The first-order chi connectivity index (χ1) is 16.9. The molecule has 0 radical (unpaired) electrons. The number of hydrogen-bond donors (Lipinski definition) is 0. The second kappa shape index (κ2) is 9.68. The van der Waals surface area contributed by atoms with Gasteiger partial charge < -0.3 is 9.80 Å². The van der Waals surface area contributed by atoms with E-state index in [9.17, 15) is 13.6 Å². The van der Waals surface area contributed by atoms with Crippen LogP contribution < -0.4 is 4.90 Å². The van der Waals surface area contributed by atoms with Crippen molar-refractivity contribution in [3.63, 3.8) is 0 Å². The van der Waals surface area contributed by atoms with Gasteiger partial charge in [-0.1, -0.05) is 47.5 Å². The first-order valence-electron chi connectivity index (χ1n) is 11.0. The number of benzene rings is 3. The molecular weight excluding hydrogens is 493 g/mol. The Bertz CT molecular complexity index is 1400. The molecule has 3 aromatic carbocycles. The van der Waals surface area contributed by atoms with Gasteiger partial charge in [0.05, 0.1) is 27.1 Å². The zero-order valence-electron chi connectivity index (χ0n) is 18.5. The van der Waals surface area contributed by atoms with E-state index in [0.717, 1.165) is 0 Å². The van der Waals surface area contributed by atoms with Crippen molar-refractivity contribution in [2.24, 2.45) is 0 Å². The lowest BCUT2D eigenvalue weighted by atomic mass is 10.1. The lowest BCUT2D eigenvalue weighted by molar-refractivity contribution is 0.0737. The molecule has 1 saturated heterocycles. The molecule has 0 aliphatic carbocycles. The lowest BCUT2D eigenvalue weighted by Gasteiger charge is -2.36. The monoisotopic (exact) mass is 512 g/mol. The van der Waals surface area contributed by atoms with Gasteiger partial charge in [-0.25, -0.2) is 13.5 Å². The molecule has 2 heterocycles. The zero-order valence-corrected chi connectivity index (χ0v) is 20.0. The maximum absolute atomic E-state index is 14.5. The third kappa shape index (κ3) is 4.61. The maximum atomic E-state index is 14.5. The molecular formula is C26H20Cl2F2N4O. The topological polar surface area (TPSA) is 41.4 Å². The molecule has 178 valence electrons. The van der Waals surface area contributed by atoms with E-state index in [4.69, 9.17) is 23.2 Å². The zero-order chi connectivity index (χ0) is 24.5. The van der Waals surface area contributed by atoms with Crippen LogP contribution in [0.2, 0.25) is 10.0 Å². The number of halogens is 4. The molecule has 0 spiro atoms. The van der Waals surface area contributed by atoms with Crippen molar-refractivity contribution >= 4 is 34.8 Å². The molecule has 4 aromatic rings. The van der Waals surface area contributed by atoms with Crippen LogP contribution in [0.1, 0.15) is 10.5 Å². The van der Waals surface area contributed by atoms with E-state index < -0.39 is 5.82 Å². The summed E-state index contributed by atoms with van der Waals surface area (Å²) in [7, 11) is 0. The molecule has 1 amide bonds. The number of nitrogens with zero attached hydrogens (tertiary/aromatic N) is 4. The van der Waals surface area contributed by atoms with E-state index in [1.165, 1.54) is 16.8 Å². The van der Waals surface area contributed by atoms with Crippen molar-refractivity contribution in [3.8, 4) is 16.9 Å². The van der Waals surface area contributed by atoms with Crippen LogP contribution in [0.4, 0.5) is 14.5 Å². The molecule has 5 rings (SSSR count). The number of carbonyl (C=O) groups is 1. The van der Waals surface area contributed by atoms with Crippen LogP contribution in [0.25, 0.3) is 16.9 Å². The van der Waals surface area contributed by atoms with Crippen molar-refractivity contribution in [2.75, 3.05) is 31.1 Å². The predicted octanol–water partition coefficient (Wildman–Crippen LogP) is 6.09. The summed E-state index contributed by atoms with van der Waals surface area (Å²) in [5.41, 5.74) is 1.91. The minimum absolute atomic E-state index is 0.264. The van der Waals surface area contributed by atoms with Crippen molar-refractivity contribution in [2.45, 2.75) is 0 Å². The van der Waals surface area contributed by atoms with E-state index in [1.54, 1.807) is 65.6 Å². The highest BCUT2D eigenvalue weighted by molar-refractivity contribution is 6.42. The fourth-order valence-corrected chi connectivity index (χ4v) is 4.46. The second-order valence-corrected chi connectivity index (χ2v) is 8.95. The van der Waals surface area contributed by atoms with Crippen molar-refractivity contribution in [1.29, 1.82) is 0 Å². The molecule has 0 unspecified atom stereocenters. The van der Waals surface area contributed by atoms with Crippen molar-refractivity contribution in [1.82, 2.24) is 14.7 Å². The van der Waals surface area contributed by atoms with Crippen LogP contribution in [0.15, 0.2) is 72.8 Å². The van der Waals surface area contributed by atoms with E-state index in [-0.39, 0.29) is 23.0 Å². The Kier molecular flexibility index (Phi) is 6.45. The summed E-state index contributed by atoms with van der Waals surface area (Å²) in [6.45, 7) is 1.75. The Morgan fingerprint density at radius 2 is 1.49 bits per heavy atom. The molecule has 1 aromatic heterocycles. The Labute approximate surface area is 211 Å². The van der Waals surface area contributed by atoms with Crippen LogP contribution in [0, 0.1) is 11.6 Å². The first kappa shape index (κ1) is 23.3. The minimum Gasteiger partial charge on any atom is -0.366 e. The molecule has 9 heteroatoms. The molecule has 5 nitrogen and oxygen atoms in total. The van der Waals surface area contributed by atoms with Crippen LogP contribution in [-0.2, 0) is 0 Å². The number of para-hydroxylation sites is 1. The van der Waals surface area contributed by atoms with Crippen molar-refractivity contribution in [3.05, 3.63) is 100 Å². The third-order valence-corrected chi connectivity index (χ3v) is 6.73. The molecule has 0 atom stereocenters. The van der Waals surface area contributed by atoms with Gasteiger partial charge in [-0.2, -0.15) is 5.10 Å². The maximum Gasteiger partial charge on any atom is 0.272 e. The average molecular weight is 513 g/mol. The van der Waals surface area contributed by atoms with Crippen molar-refractivity contribution < 1.29 is 13.6 Å². The summed E-state index contributed by atoms with van der Waals surface area (Å²) in [4.78, 5) is 17.2. The highest BCUT2D eigenvalue weighted by Crippen LogP contribution is 2.29. The molecule has 1 fully saturated rings. The Hall–Kier alpha value is -3.42. The van der Waals surface area contributed by atoms with Gasteiger partial charge in [0, 0.05) is 31.7 Å². The number of aromatic nitrogens is 2. The van der Waals surface area contributed by atoms with Crippen LogP contribution in [-0.4, -0.2) is 46.8 Å². The quantitative estimate of drug-likeness (QED) is 0.332. The smallest absolute Gasteiger partial charge is 0.272 e. The molecule has 0 N–H and O–H groups in total. The van der Waals surface area contributed by atoms with Gasteiger partial charge in [-0.3, -0.25) is 4.79 Å². The SMILES string of the molecule is O=C(c1cc(-c2ccccc2F)nn1-c1ccc(Cl)c(Cl)c1)N1CCN(c2ccccc2F)CC1. The number of carbonyl (C=O) groups excluding carboxylic acids is 1. The van der Waals surface area contributed by atoms with Gasteiger partial charge in [-0.15, -0.1) is 0 Å². The summed E-state index contributed by atoms with van der Waals surface area (Å²) in [5.74, 6) is -0.998. The van der Waals surface area contributed by atoms with E-state index in [1.807, 2.05) is 4.90 Å².